The van der Waals surface area contributed by atoms with E-state index in [-0.39, 0.29) is 24.8 Å². The molecule has 2 aromatic rings. The Morgan fingerprint density at radius 2 is 1.88 bits per heavy atom. The number of halogens is 1. The van der Waals surface area contributed by atoms with E-state index in [1.165, 1.54) is 19.2 Å². The largest absolute Gasteiger partial charge is 0.493 e. The van der Waals surface area contributed by atoms with Crippen molar-refractivity contribution in [1.29, 1.82) is 5.26 Å². The number of methoxy groups -OCH3 is 1. The second kappa shape index (κ2) is 8.53. The van der Waals surface area contributed by atoms with Crippen LogP contribution in [0.3, 0.4) is 0 Å². The van der Waals surface area contributed by atoms with E-state index in [2.05, 4.69) is 5.32 Å². The molecule has 0 saturated heterocycles. The molecule has 0 fully saturated rings. The van der Waals surface area contributed by atoms with Crippen molar-refractivity contribution in [2.45, 2.75) is 19.6 Å². The minimum atomic E-state index is -0.326. The van der Waals surface area contributed by atoms with Crippen LogP contribution in [0.1, 0.15) is 17.5 Å². The normalized spacial score (nSPS) is 9.88. The highest BCUT2D eigenvalue weighted by Crippen LogP contribution is 2.28. The first kappa shape index (κ1) is 17.3. The van der Waals surface area contributed by atoms with Crippen LogP contribution in [0, 0.1) is 17.1 Å². The summed E-state index contributed by atoms with van der Waals surface area (Å²) in [5.74, 6) is 0.463. The fourth-order valence-electron chi connectivity index (χ4n) is 2.02. The average molecular weight is 328 g/mol. The molecule has 1 N–H and O–H groups in total. The predicted molar refractivity (Wildman–Crippen MR) is 85.8 cm³/mol. The molecule has 0 aliphatic heterocycles. The standard InChI is InChI=1S/C18H17FN2O3/c1-23-17-10-14(11-21-18(22)8-9-20)4-7-16(17)24-12-13-2-5-15(19)6-3-13/h2-7,10H,8,11-12H2,1H3,(H,21,22). The van der Waals surface area contributed by atoms with Gasteiger partial charge in [0, 0.05) is 6.54 Å². The van der Waals surface area contributed by atoms with Crippen molar-refractivity contribution in [3.63, 3.8) is 0 Å². The zero-order chi connectivity index (χ0) is 17.4. The number of rotatable bonds is 7. The molecule has 1 amide bonds. The second-order valence-corrected chi connectivity index (χ2v) is 5.01. The molecule has 24 heavy (non-hydrogen) atoms. The number of amides is 1. The molecule has 0 aliphatic rings. The number of nitrogens with zero attached hydrogens (tertiary/aromatic N) is 1. The van der Waals surface area contributed by atoms with Crippen molar-refractivity contribution in [2.75, 3.05) is 7.11 Å². The summed E-state index contributed by atoms with van der Waals surface area (Å²) >= 11 is 0. The van der Waals surface area contributed by atoms with Gasteiger partial charge >= 0.3 is 0 Å². The quantitative estimate of drug-likeness (QED) is 0.848. The smallest absolute Gasteiger partial charge is 0.234 e. The molecule has 0 atom stereocenters. The molecule has 124 valence electrons. The number of hydrogen-bond acceptors (Lipinski definition) is 4. The van der Waals surface area contributed by atoms with Gasteiger partial charge in [0.05, 0.1) is 13.2 Å². The van der Waals surface area contributed by atoms with Crippen molar-refractivity contribution in [3.8, 4) is 17.6 Å². The summed E-state index contributed by atoms with van der Waals surface area (Å²) in [6.45, 7) is 0.587. The van der Waals surface area contributed by atoms with Crippen LogP contribution in [0.5, 0.6) is 11.5 Å². The van der Waals surface area contributed by atoms with Gasteiger partial charge in [-0.2, -0.15) is 5.26 Å². The lowest BCUT2D eigenvalue weighted by Gasteiger charge is -2.12. The first-order chi connectivity index (χ1) is 11.6. The van der Waals surface area contributed by atoms with E-state index in [1.807, 2.05) is 0 Å². The van der Waals surface area contributed by atoms with Crippen LogP contribution in [0.25, 0.3) is 0 Å². The molecule has 0 unspecified atom stereocenters. The van der Waals surface area contributed by atoms with Crippen molar-refractivity contribution >= 4 is 5.91 Å². The van der Waals surface area contributed by atoms with Gasteiger partial charge in [-0.1, -0.05) is 18.2 Å². The van der Waals surface area contributed by atoms with Crippen molar-refractivity contribution < 1.29 is 18.7 Å². The third-order valence-electron chi connectivity index (χ3n) is 3.26. The van der Waals surface area contributed by atoms with Gasteiger partial charge in [0.15, 0.2) is 11.5 Å². The third-order valence-corrected chi connectivity index (χ3v) is 3.26. The number of hydrogen-bond donors (Lipinski definition) is 1. The van der Waals surface area contributed by atoms with Gasteiger partial charge in [-0.3, -0.25) is 4.79 Å². The van der Waals surface area contributed by atoms with Crippen LogP contribution < -0.4 is 14.8 Å². The Morgan fingerprint density at radius 1 is 1.17 bits per heavy atom. The van der Waals surface area contributed by atoms with Crippen LogP contribution in [-0.4, -0.2) is 13.0 Å². The highest BCUT2D eigenvalue weighted by molar-refractivity contribution is 5.77. The van der Waals surface area contributed by atoms with Gasteiger partial charge < -0.3 is 14.8 Å². The fraction of sp³-hybridized carbons (Fsp3) is 0.222. The van der Waals surface area contributed by atoms with E-state index in [0.29, 0.717) is 18.0 Å². The van der Waals surface area contributed by atoms with Gasteiger partial charge in [-0.15, -0.1) is 0 Å². The molecule has 0 aliphatic carbocycles. The zero-order valence-corrected chi connectivity index (χ0v) is 13.2. The SMILES string of the molecule is COc1cc(CNC(=O)CC#N)ccc1OCc1ccc(F)cc1. The molecule has 0 saturated carbocycles. The van der Waals surface area contributed by atoms with Crippen LogP contribution >= 0.6 is 0 Å². The number of benzene rings is 2. The van der Waals surface area contributed by atoms with E-state index in [1.54, 1.807) is 36.4 Å². The summed E-state index contributed by atoms with van der Waals surface area (Å²) in [4.78, 5) is 11.3. The molecule has 0 radical (unpaired) electrons. The van der Waals surface area contributed by atoms with E-state index in [9.17, 15) is 9.18 Å². The summed E-state index contributed by atoms with van der Waals surface area (Å²) in [6.07, 6.45) is -0.171. The second-order valence-electron chi connectivity index (χ2n) is 5.01. The Bertz CT molecular complexity index is 739. The van der Waals surface area contributed by atoms with Crippen molar-refractivity contribution in [1.82, 2.24) is 5.32 Å². The lowest BCUT2D eigenvalue weighted by molar-refractivity contribution is -0.120. The molecule has 0 spiro atoms. The zero-order valence-electron chi connectivity index (χ0n) is 13.2. The number of carbonyl (C=O) groups excluding carboxylic acids is 1. The maximum atomic E-state index is 12.9. The monoisotopic (exact) mass is 328 g/mol. The van der Waals surface area contributed by atoms with E-state index >= 15 is 0 Å². The summed E-state index contributed by atoms with van der Waals surface area (Å²) in [5, 5.41) is 11.1. The van der Waals surface area contributed by atoms with Crippen LogP contribution in [0.15, 0.2) is 42.5 Å². The molecule has 2 rings (SSSR count). The van der Waals surface area contributed by atoms with Crippen molar-refractivity contribution in [2.24, 2.45) is 0 Å². The molecule has 6 heteroatoms. The average Bonchev–Trinajstić information content (AvgIpc) is 2.60. The molecule has 0 heterocycles. The van der Waals surface area contributed by atoms with Crippen LogP contribution in [0.2, 0.25) is 0 Å². The van der Waals surface area contributed by atoms with E-state index in [4.69, 9.17) is 14.7 Å². The summed E-state index contributed by atoms with van der Waals surface area (Å²) < 4.78 is 23.9. The van der Waals surface area contributed by atoms with Gasteiger partial charge in [0.2, 0.25) is 5.91 Å². The topological polar surface area (TPSA) is 71.3 Å². The molecule has 0 bridgehead atoms. The number of nitriles is 1. The molecule has 2 aromatic carbocycles. The Kier molecular flexibility index (Phi) is 6.15. The maximum Gasteiger partial charge on any atom is 0.234 e. The summed E-state index contributed by atoms with van der Waals surface area (Å²) in [5.41, 5.74) is 1.67. The molecule has 0 aromatic heterocycles. The Morgan fingerprint density at radius 3 is 2.54 bits per heavy atom. The lowest BCUT2D eigenvalue weighted by atomic mass is 10.2. The summed E-state index contributed by atoms with van der Waals surface area (Å²) in [7, 11) is 1.53. The first-order valence-corrected chi connectivity index (χ1v) is 7.30. The van der Waals surface area contributed by atoms with Crippen LogP contribution in [0.4, 0.5) is 4.39 Å². The predicted octanol–water partition coefficient (Wildman–Crippen LogP) is 2.94. The first-order valence-electron chi connectivity index (χ1n) is 7.30. The summed E-state index contributed by atoms with van der Waals surface area (Å²) in [6, 6.07) is 13.2. The molecular formula is C18H17FN2O3. The Labute approximate surface area is 139 Å². The van der Waals surface area contributed by atoms with Crippen molar-refractivity contribution in [3.05, 3.63) is 59.4 Å². The van der Waals surface area contributed by atoms with Gasteiger partial charge in [0.1, 0.15) is 18.8 Å². The fourth-order valence-corrected chi connectivity index (χ4v) is 2.02. The maximum absolute atomic E-state index is 12.9. The highest BCUT2D eigenvalue weighted by atomic mass is 19.1. The molecule has 5 nitrogen and oxygen atoms in total. The number of nitrogens with one attached hydrogen (secondary N) is 1. The van der Waals surface area contributed by atoms with E-state index in [0.717, 1.165) is 11.1 Å². The van der Waals surface area contributed by atoms with Gasteiger partial charge in [0.25, 0.3) is 0 Å². The molecular weight excluding hydrogens is 311 g/mol. The minimum absolute atomic E-state index is 0.171. The lowest BCUT2D eigenvalue weighted by Crippen LogP contribution is -2.21. The van der Waals surface area contributed by atoms with E-state index < -0.39 is 0 Å². The number of ether oxygens (including phenoxy) is 2. The Balaban J connectivity index is 1.99. The van der Waals surface area contributed by atoms with Crippen LogP contribution in [-0.2, 0) is 17.9 Å². The minimum Gasteiger partial charge on any atom is -0.493 e. The van der Waals surface area contributed by atoms with Gasteiger partial charge in [-0.05, 0) is 35.4 Å². The third kappa shape index (κ3) is 4.99. The van der Waals surface area contributed by atoms with Gasteiger partial charge in [-0.25, -0.2) is 4.39 Å². The highest BCUT2D eigenvalue weighted by Gasteiger charge is 2.07. The Hall–Kier alpha value is -3.07. The number of carbonyl (C=O) groups is 1.